The van der Waals surface area contributed by atoms with Gasteiger partial charge in [0, 0.05) is 32.7 Å². The van der Waals surface area contributed by atoms with Crippen LogP contribution in [0.1, 0.15) is 12.5 Å². The summed E-state index contributed by atoms with van der Waals surface area (Å²) in [7, 11) is 0. The van der Waals surface area contributed by atoms with Crippen LogP contribution in [0.2, 0.25) is 0 Å². The van der Waals surface area contributed by atoms with Gasteiger partial charge in [-0.2, -0.15) is 0 Å². The highest BCUT2D eigenvalue weighted by molar-refractivity contribution is 5.13. The van der Waals surface area contributed by atoms with E-state index in [2.05, 4.69) is 34.9 Å². The van der Waals surface area contributed by atoms with E-state index in [0.29, 0.717) is 0 Å². The van der Waals surface area contributed by atoms with Crippen molar-refractivity contribution in [3.05, 3.63) is 35.9 Å². The molecule has 15 heavy (non-hydrogen) atoms. The molecule has 1 heterocycles. The molecule has 0 saturated carbocycles. The first kappa shape index (κ1) is 10.7. The molecule has 1 aliphatic heterocycles. The Labute approximate surface area is 92.5 Å². The fraction of sp³-hybridized carbons (Fsp3) is 0.538. The summed E-state index contributed by atoms with van der Waals surface area (Å²) in [6.45, 7) is 9.35. The second kappa shape index (κ2) is 5.29. The topological polar surface area (TPSA) is 6.48 Å². The molecule has 1 aliphatic rings. The van der Waals surface area contributed by atoms with Gasteiger partial charge in [-0.3, -0.25) is 4.90 Å². The number of nitrogens with zero attached hydrogens (tertiary/aromatic N) is 2. The molecule has 0 spiro atoms. The Morgan fingerprint density at radius 1 is 1.07 bits per heavy atom. The molecule has 1 saturated heterocycles. The number of likely N-dealkylation sites (N-methyl/N-ethyl adjacent to an activating group) is 1. The first-order valence-corrected chi connectivity index (χ1v) is 5.78. The van der Waals surface area contributed by atoms with Crippen LogP contribution in [0.3, 0.4) is 0 Å². The third-order valence-corrected chi connectivity index (χ3v) is 3.11. The maximum absolute atomic E-state index is 3.06. The van der Waals surface area contributed by atoms with Gasteiger partial charge in [-0.25, -0.2) is 0 Å². The molecule has 1 aromatic rings. The van der Waals surface area contributed by atoms with Gasteiger partial charge >= 0.3 is 0 Å². The lowest BCUT2D eigenvalue weighted by Crippen LogP contribution is -2.45. The smallest absolute Gasteiger partial charge is 0.0234 e. The van der Waals surface area contributed by atoms with Gasteiger partial charge in [-0.15, -0.1) is 0 Å². The Hall–Kier alpha value is -0.860. The SMILES string of the molecule is CCN1CCN(Cc2cc[c]cc2)CC1. The average Bonchev–Trinajstić information content (AvgIpc) is 2.31. The zero-order valence-corrected chi connectivity index (χ0v) is 9.45. The van der Waals surface area contributed by atoms with E-state index in [1.165, 1.54) is 38.3 Å². The van der Waals surface area contributed by atoms with Crippen molar-refractivity contribution in [1.29, 1.82) is 0 Å². The highest BCUT2D eigenvalue weighted by atomic mass is 15.3. The summed E-state index contributed by atoms with van der Waals surface area (Å²) in [5, 5.41) is 0. The van der Waals surface area contributed by atoms with Crippen LogP contribution in [-0.2, 0) is 6.54 Å². The maximum atomic E-state index is 3.06. The number of rotatable bonds is 3. The second-order valence-corrected chi connectivity index (χ2v) is 4.12. The van der Waals surface area contributed by atoms with Gasteiger partial charge in [0.05, 0.1) is 0 Å². The van der Waals surface area contributed by atoms with Crippen LogP contribution >= 0.6 is 0 Å². The molecule has 1 fully saturated rings. The van der Waals surface area contributed by atoms with Crippen molar-refractivity contribution in [2.24, 2.45) is 0 Å². The number of hydrogen-bond acceptors (Lipinski definition) is 2. The summed E-state index contributed by atoms with van der Waals surface area (Å²) in [6.07, 6.45) is 0. The first-order valence-electron chi connectivity index (χ1n) is 5.78. The van der Waals surface area contributed by atoms with Crippen LogP contribution in [0.4, 0.5) is 0 Å². The fourth-order valence-electron chi connectivity index (χ4n) is 2.05. The fourth-order valence-corrected chi connectivity index (χ4v) is 2.05. The third kappa shape index (κ3) is 3.05. The Morgan fingerprint density at radius 2 is 1.67 bits per heavy atom. The predicted molar refractivity (Wildman–Crippen MR) is 62.7 cm³/mol. The van der Waals surface area contributed by atoms with E-state index in [4.69, 9.17) is 0 Å². The molecule has 0 atom stereocenters. The molecule has 0 aliphatic carbocycles. The summed E-state index contributed by atoms with van der Waals surface area (Å²) >= 11 is 0. The van der Waals surface area contributed by atoms with Crippen molar-refractivity contribution in [2.75, 3.05) is 32.7 Å². The van der Waals surface area contributed by atoms with E-state index in [0.717, 1.165) is 6.54 Å². The molecule has 2 heteroatoms. The van der Waals surface area contributed by atoms with Crippen LogP contribution in [-0.4, -0.2) is 42.5 Å². The minimum atomic E-state index is 1.09. The lowest BCUT2D eigenvalue weighted by molar-refractivity contribution is 0.132. The second-order valence-electron chi connectivity index (χ2n) is 4.12. The van der Waals surface area contributed by atoms with Gasteiger partial charge in [-0.05, 0) is 18.2 Å². The van der Waals surface area contributed by atoms with Crippen molar-refractivity contribution < 1.29 is 0 Å². The van der Waals surface area contributed by atoms with Gasteiger partial charge in [-0.1, -0.05) is 31.2 Å². The average molecular weight is 203 g/mol. The largest absolute Gasteiger partial charge is 0.301 e. The summed E-state index contributed by atoms with van der Waals surface area (Å²) < 4.78 is 0. The quantitative estimate of drug-likeness (QED) is 0.736. The zero-order chi connectivity index (χ0) is 10.5. The molecule has 2 nitrogen and oxygen atoms in total. The monoisotopic (exact) mass is 203 g/mol. The Bertz CT molecular complexity index is 276. The van der Waals surface area contributed by atoms with E-state index >= 15 is 0 Å². The van der Waals surface area contributed by atoms with Gasteiger partial charge < -0.3 is 4.90 Å². The summed E-state index contributed by atoms with van der Waals surface area (Å²) in [5.41, 5.74) is 1.40. The molecule has 0 N–H and O–H groups in total. The molecule has 1 radical (unpaired) electrons. The molecular formula is C13H19N2. The lowest BCUT2D eigenvalue weighted by atomic mass is 10.2. The minimum Gasteiger partial charge on any atom is -0.301 e. The summed E-state index contributed by atoms with van der Waals surface area (Å²) in [6, 6.07) is 11.4. The van der Waals surface area contributed by atoms with Crippen LogP contribution in [0.25, 0.3) is 0 Å². The molecule has 0 amide bonds. The third-order valence-electron chi connectivity index (χ3n) is 3.11. The molecule has 81 valence electrons. The predicted octanol–water partition coefficient (Wildman–Crippen LogP) is 1.62. The van der Waals surface area contributed by atoms with E-state index in [1.807, 2.05) is 12.1 Å². The summed E-state index contributed by atoms with van der Waals surface area (Å²) in [5.74, 6) is 0. The Balaban J connectivity index is 1.82. The van der Waals surface area contributed by atoms with Crippen molar-refractivity contribution in [3.8, 4) is 0 Å². The molecular weight excluding hydrogens is 184 g/mol. The van der Waals surface area contributed by atoms with Crippen molar-refractivity contribution in [3.63, 3.8) is 0 Å². The van der Waals surface area contributed by atoms with E-state index in [9.17, 15) is 0 Å². The molecule has 0 aromatic heterocycles. The van der Waals surface area contributed by atoms with Crippen molar-refractivity contribution in [2.45, 2.75) is 13.5 Å². The number of benzene rings is 1. The van der Waals surface area contributed by atoms with Crippen LogP contribution in [0.15, 0.2) is 24.3 Å². The van der Waals surface area contributed by atoms with Crippen molar-refractivity contribution >= 4 is 0 Å². The van der Waals surface area contributed by atoms with E-state index in [1.54, 1.807) is 0 Å². The van der Waals surface area contributed by atoms with E-state index < -0.39 is 0 Å². The highest BCUT2D eigenvalue weighted by Crippen LogP contribution is 2.07. The standard InChI is InChI=1S/C13H19N2/c1-2-14-8-10-15(11-9-14)12-13-6-4-3-5-7-13/h4-7H,2,8-12H2,1H3. The minimum absolute atomic E-state index is 1.09. The number of piperazine rings is 1. The number of hydrogen-bond donors (Lipinski definition) is 0. The summed E-state index contributed by atoms with van der Waals surface area (Å²) in [4.78, 5) is 5.04. The molecule has 0 unspecified atom stereocenters. The highest BCUT2D eigenvalue weighted by Gasteiger charge is 2.14. The van der Waals surface area contributed by atoms with Crippen LogP contribution in [0.5, 0.6) is 0 Å². The van der Waals surface area contributed by atoms with Gasteiger partial charge in [0.1, 0.15) is 0 Å². The molecule has 2 rings (SSSR count). The maximum Gasteiger partial charge on any atom is 0.0234 e. The van der Waals surface area contributed by atoms with Crippen LogP contribution in [0, 0.1) is 6.07 Å². The van der Waals surface area contributed by atoms with Gasteiger partial charge in [0.25, 0.3) is 0 Å². The van der Waals surface area contributed by atoms with Gasteiger partial charge in [0.2, 0.25) is 0 Å². The molecule has 1 aromatic carbocycles. The molecule has 0 bridgehead atoms. The Morgan fingerprint density at radius 3 is 2.27 bits per heavy atom. The van der Waals surface area contributed by atoms with Gasteiger partial charge in [0.15, 0.2) is 0 Å². The zero-order valence-electron chi connectivity index (χ0n) is 9.45. The van der Waals surface area contributed by atoms with E-state index in [-0.39, 0.29) is 0 Å². The normalized spacial score (nSPS) is 19.3. The van der Waals surface area contributed by atoms with Crippen molar-refractivity contribution in [1.82, 2.24) is 9.80 Å². The first-order chi connectivity index (χ1) is 7.38. The van der Waals surface area contributed by atoms with Crippen LogP contribution < -0.4 is 0 Å². The lowest BCUT2D eigenvalue weighted by Gasteiger charge is -2.33. The Kier molecular flexibility index (Phi) is 3.75.